The van der Waals surface area contributed by atoms with Crippen molar-refractivity contribution in [1.29, 1.82) is 0 Å². The van der Waals surface area contributed by atoms with E-state index < -0.39 is 0 Å². The Morgan fingerprint density at radius 2 is 0.447 bits per heavy atom. The van der Waals surface area contributed by atoms with E-state index in [2.05, 4.69) is 309 Å². The van der Waals surface area contributed by atoms with Crippen LogP contribution in [0.2, 0.25) is 0 Å². The fourth-order valence-electron chi connectivity index (χ4n) is 14.6. The van der Waals surface area contributed by atoms with E-state index in [0.29, 0.717) is 0 Å². The number of rotatable bonds is 6. The largest absolute Gasteiger partial charge is 0.455 e. The van der Waals surface area contributed by atoms with Gasteiger partial charge in [0, 0.05) is 87.4 Å². The molecule has 0 saturated carbocycles. The molecule has 0 amide bonds. The average Bonchev–Trinajstić information content (AvgIpc) is 2.09. The van der Waals surface area contributed by atoms with Crippen LogP contribution < -0.4 is 0 Å². The molecular formula is C80H48N4O. The third-order valence-electron chi connectivity index (χ3n) is 18.3. The smallest absolute Gasteiger partial charge is 0.143 e. The van der Waals surface area contributed by atoms with Gasteiger partial charge in [0.25, 0.3) is 0 Å². The molecule has 5 heterocycles. The summed E-state index contributed by atoms with van der Waals surface area (Å²) < 4.78 is 17.4. The van der Waals surface area contributed by atoms with Crippen LogP contribution in [0.25, 0.3) is 176 Å². The Labute approximate surface area is 486 Å². The van der Waals surface area contributed by atoms with E-state index in [0.717, 1.165) is 111 Å². The van der Waals surface area contributed by atoms with Crippen molar-refractivity contribution in [3.05, 3.63) is 291 Å². The lowest BCUT2D eigenvalue weighted by molar-refractivity contribution is 0.676. The maximum atomic E-state index is 7.71. The molecule has 5 heteroatoms. The van der Waals surface area contributed by atoms with Crippen LogP contribution >= 0.6 is 0 Å². The fourth-order valence-corrected chi connectivity index (χ4v) is 14.6. The molecule has 19 aromatic rings. The zero-order valence-electron chi connectivity index (χ0n) is 45.9. The number of furan rings is 1. The number of aromatic nitrogens is 4. The molecule has 0 N–H and O–H groups in total. The van der Waals surface area contributed by atoms with Crippen molar-refractivity contribution in [3.63, 3.8) is 0 Å². The number of hydrogen-bond donors (Lipinski definition) is 0. The van der Waals surface area contributed by atoms with Gasteiger partial charge >= 0.3 is 0 Å². The molecule has 0 spiro atoms. The van der Waals surface area contributed by atoms with Crippen LogP contribution in [0.1, 0.15) is 0 Å². The minimum Gasteiger partial charge on any atom is -0.455 e. The lowest BCUT2D eigenvalue weighted by atomic mass is 9.91. The summed E-state index contributed by atoms with van der Waals surface area (Å²) >= 11 is 0. The predicted octanol–water partition coefficient (Wildman–Crippen LogP) is 21.6. The van der Waals surface area contributed by atoms with Crippen molar-refractivity contribution >= 4 is 131 Å². The van der Waals surface area contributed by atoms with Gasteiger partial charge in [0.2, 0.25) is 0 Å². The zero-order valence-corrected chi connectivity index (χ0v) is 45.9. The maximum Gasteiger partial charge on any atom is 0.143 e. The lowest BCUT2D eigenvalue weighted by Crippen LogP contribution is -1.94. The van der Waals surface area contributed by atoms with Crippen LogP contribution in [-0.2, 0) is 0 Å². The molecule has 394 valence electrons. The molecule has 5 nitrogen and oxygen atoms in total. The molecule has 85 heavy (non-hydrogen) atoms. The Balaban J connectivity index is 0.964. The molecular weight excluding hydrogens is 1030 g/mol. The highest BCUT2D eigenvalue weighted by molar-refractivity contribution is 6.29. The quantitative estimate of drug-likeness (QED) is 0.163. The van der Waals surface area contributed by atoms with E-state index >= 15 is 0 Å². The second-order valence-corrected chi connectivity index (χ2v) is 22.7. The maximum absolute atomic E-state index is 7.71. The van der Waals surface area contributed by atoms with E-state index in [1.807, 2.05) is 0 Å². The summed E-state index contributed by atoms with van der Waals surface area (Å²) in [4.78, 5) is 0. The van der Waals surface area contributed by atoms with Gasteiger partial charge in [-0.1, -0.05) is 158 Å². The second-order valence-electron chi connectivity index (χ2n) is 22.7. The SMILES string of the molecule is c1ccc(-n2c3ccccc3c3cc(-c4cc5c6cc(-c7ccc8c(c7)c7ccccc7n8-c7ccccc7)c7cc8c(cc7c6oc5c5cc6c7ccccc7n(-c7ccccc7)c6cc45)c4ccccc4n8-c4ccccc4)ccc32)cc1. The molecule has 0 fully saturated rings. The number of benzene rings is 14. The van der Waals surface area contributed by atoms with Crippen LogP contribution in [0.5, 0.6) is 0 Å². The van der Waals surface area contributed by atoms with Gasteiger partial charge in [0.15, 0.2) is 0 Å². The molecule has 0 radical (unpaired) electrons. The summed E-state index contributed by atoms with van der Waals surface area (Å²) in [7, 11) is 0. The highest BCUT2D eigenvalue weighted by atomic mass is 16.3. The molecule has 0 aliphatic carbocycles. The summed E-state index contributed by atoms with van der Waals surface area (Å²) in [6.07, 6.45) is 0. The highest BCUT2D eigenvalue weighted by Gasteiger charge is 2.25. The molecule has 0 atom stereocenters. The van der Waals surface area contributed by atoms with Crippen molar-refractivity contribution in [2.75, 3.05) is 0 Å². The van der Waals surface area contributed by atoms with Gasteiger partial charge in [-0.05, 0) is 166 Å². The summed E-state index contributed by atoms with van der Waals surface area (Å²) in [6, 6.07) is 107. The van der Waals surface area contributed by atoms with E-state index in [1.54, 1.807) is 0 Å². The molecule has 0 aliphatic heterocycles. The Morgan fingerprint density at radius 1 is 0.176 bits per heavy atom. The van der Waals surface area contributed by atoms with E-state index in [9.17, 15) is 0 Å². The molecule has 19 rings (SSSR count). The van der Waals surface area contributed by atoms with Gasteiger partial charge in [-0.3, -0.25) is 0 Å². The average molecular weight is 1080 g/mol. The zero-order chi connectivity index (χ0) is 55.4. The van der Waals surface area contributed by atoms with Gasteiger partial charge in [-0.2, -0.15) is 0 Å². The Bertz CT molecular complexity index is 5630. The predicted molar refractivity (Wildman–Crippen MR) is 357 cm³/mol. The summed E-state index contributed by atoms with van der Waals surface area (Å²) in [5.41, 5.74) is 20.2. The van der Waals surface area contributed by atoms with Crippen molar-refractivity contribution < 1.29 is 4.42 Å². The van der Waals surface area contributed by atoms with E-state index in [-0.39, 0.29) is 0 Å². The van der Waals surface area contributed by atoms with Gasteiger partial charge in [-0.25, -0.2) is 0 Å². The topological polar surface area (TPSA) is 32.9 Å². The van der Waals surface area contributed by atoms with Gasteiger partial charge in [-0.15, -0.1) is 0 Å². The molecule has 5 aromatic heterocycles. The number of para-hydroxylation sites is 8. The standard InChI is InChI=1S/C80H48N4O/c1-5-21-51(22-6-1)81-71-33-17-13-29-55(71)63-41-49(37-39-75(63)81)59-43-69-70-44-60(50-38-40-76-64(42-50)56-30-14-18-34-72(56)82(76)52-23-7-2-8-24-52)62-48-78-66(58-32-16-20-36-74(58)84(78)54-27-11-4-12-28-54)46-68(62)80(70)85-79(69)67-45-65-57-31-15-19-35-73(57)83(77(65)47-61(59)67)53-25-9-3-10-26-53/h1-48H. The summed E-state index contributed by atoms with van der Waals surface area (Å²) in [6.45, 7) is 0. The van der Waals surface area contributed by atoms with Crippen LogP contribution in [0.15, 0.2) is 296 Å². The Kier molecular flexibility index (Phi) is 9.55. The van der Waals surface area contributed by atoms with E-state index in [1.165, 1.54) is 65.2 Å². The van der Waals surface area contributed by atoms with Crippen molar-refractivity contribution in [2.45, 2.75) is 0 Å². The van der Waals surface area contributed by atoms with Gasteiger partial charge in [0.05, 0.1) is 44.1 Å². The van der Waals surface area contributed by atoms with E-state index in [4.69, 9.17) is 4.42 Å². The second kappa shape index (κ2) is 17.6. The normalized spacial score (nSPS) is 12.2. The first-order valence-electron chi connectivity index (χ1n) is 29.2. The first-order valence-corrected chi connectivity index (χ1v) is 29.2. The van der Waals surface area contributed by atoms with Crippen LogP contribution in [0.3, 0.4) is 0 Å². The van der Waals surface area contributed by atoms with Crippen molar-refractivity contribution in [2.24, 2.45) is 0 Å². The Hall–Kier alpha value is -11.4. The van der Waals surface area contributed by atoms with Crippen molar-refractivity contribution in [1.82, 2.24) is 18.3 Å². The monoisotopic (exact) mass is 1080 g/mol. The number of fused-ring (bicyclic) bond motifs is 19. The Morgan fingerprint density at radius 3 is 0.788 bits per heavy atom. The highest BCUT2D eigenvalue weighted by Crippen LogP contribution is 2.49. The summed E-state index contributed by atoms with van der Waals surface area (Å²) in [5, 5.41) is 16.1. The van der Waals surface area contributed by atoms with Gasteiger partial charge < -0.3 is 22.7 Å². The van der Waals surface area contributed by atoms with Gasteiger partial charge in [0.1, 0.15) is 11.2 Å². The van der Waals surface area contributed by atoms with Crippen molar-refractivity contribution in [3.8, 4) is 45.0 Å². The third kappa shape index (κ3) is 6.57. The minimum atomic E-state index is 0.876. The van der Waals surface area contributed by atoms with Crippen LogP contribution in [0, 0.1) is 0 Å². The first-order chi connectivity index (χ1) is 42.2. The van der Waals surface area contributed by atoms with Crippen LogP contribution in [0.4, 0.5) is 0 Å². The molecule has 14 aromatic carbocycles. The number of nitrogens with zero attached hydrogens (tertiary/aromatic N) is 4. The lowest BCUT2D eigenvalue weighted by Gasteiger charge is -2.13. The molecule has 0 unspecified atom stereocenters. The van der Waals surface area contributed by atoms with Crippen LogP contribution in [-0.4, -0.2) is 18.3 Å². The fraction of sp³-hybridized carbons (Fsp3) is 0. The first kappa shape index (κ1) is 46.2. The molecule has 0 aliphatic rings. The third-order valence-corrected chi connectivity index (χ3v) is 18.3. The molecule has 0 saturated heterocycles. The minimum absolute atomic E-state index is 0.876. The number of hydrogen-bond acceptors (Lipinski definition) is 1. The molecule has 0 bridgehead atoms. The summed E-state index contributed by atoms with van der Waals surface area (Å²) in [5.74, 6) is 0.